The Morgan fingerprint density at radius 1 is 0.936 bits per heavy atom. The summed E-state index contributed by atoms with van der Waals surface area (Å²) in [5.74, 6) is 1.69. The van der Waals surface area contributed by atoms with Crippen LogP contribution < -0.4 is 20.1 Å². The van der Waals surface area contributed by atoms with Crippen LogP contribution in [-0.4, -0.2) is 89.6 Å². The van der Waals surface area contributed by atoms with E-state index >= 15 is 0 Å². The molecule has 2 aromatic carbocycles. The van der Waals surface area contributed by atoms with Crippen molar-refractivity contribution in [3.8, 4) is 17.2 Å². The number of likely N-dealkylation sites (tertiary alicyclic amines) is 1. The van der Waals surface area contributed by atoms with Crippen molar-refractivity contribution >= 4 is 17.7 Å². The van der Waals surface area contributed by atoms with Gasteiger partial charge in [0.15, 0.2) is 11.5 Å². The standard InChI is InChI=1S/C37H52N4O6/c1-3-4-23-41-34(43)30(27-36(45)18-8-5-9-19-36)39-35(44)37(41)20-24-40(25-21-37)22-10-11-26-46-31-12-6-7-13-32(31)47-29-16-14-28(15-17-29)33(42)38-2/h6-7,12-17,30,45H,3-5,8-11,18-27H2,1-2H3,(H,38,42)(H,39,44)/t30-/m1/s1. The lowest BCUT2D eigenvalue weighted by Crippen LogP contribution is -2.73. The van der Waals surface area contributed by atoms with Gasteiger partial charge in [0.05, 0.1) is 12.2 Å². The van der Waals surface area contributed by atoms with Crippen LogP contribution in [0.4, 0.5) is 0 Å². The Balaban J connectivity index is 1.09. The van der Waals surface area contributed by atoms with E-state index in [1.807, 2.05) is 29.2 Å². The molecule has 0 bridgehead atoms. The van der Waals surface area contributed by atoms with Gasteiger partial charge in [-0.1, -0.05) is 44.7 Å². The zero-order valence-corrected chi connectivity index (χ0v) is 28.1. The number of nitrogens with zero attached hydrogens (tertiary/aromatic N) is 2. The van der Waals surface area contributed by atoms with E-state index in [1.54, 1.807) is 31.3 Å². The Morgan fingerprint density at radius 2 is 1.64 bits per heavy atom. The second-order valence-electron chi connectivity index (χ2n) is 13.4. The molecule has 10 heteroatoms. The van der Waals surface area contributed by atoms with E-state index in [2.05, 4.69) is 22.5 Å². The highest BCUT2D eigenvalue weighted by Gasteiger charge is 2.54. The SMILES string of the molecule is CCCCN1C(=O)[C@@H](CC2(O)CCCCC2)NC(=O)C12CCN(CCCCOc1ccccc1Oc1ccc(C(=O)NC)cc1)CC2. The number of carbonyl (C=O) groups is 3. The van der Waals surface area contributed by atoms with Crippen LogP contribution in [0.3, 0.4) is 0 Å². The summed E-state index contributed by atoms with van der Waals surface area (Å²) in [7, 11) is 1.60. The van der Waals surface area contributed by atoms with E-state index < -0.39 is 17.2 Å². The molecular formula is C37H52N4O6. The van der Waals surface area contributed by atoms with Crippen LogP contribution in [0.1, 0.15) is 94.3 Å². The van der Waals surface area contributed by atoms with E-state index in [0.717, 1.165) is 64.6 Å². The third kappa shape index (κ3) is 8.46. The van der Waals surface area contributed by atoms with Crippen LogP contribution in [0.5, 0.6) is 17.2 Å². The minimum Gasteiger partial charge on any atom is -0.490 e. The molecule has 1 saturated carbocycles. The Morgan fingerprint density at radius 3 is 2.32 bits per heavy atom. The summed E-state index contributed by atoms with van der Waals surface area (Å²) < 4.78 is 12.1. The van der Waals surface area contributed by atoms with Crippen molar-refractivity contribution in [1.29, 1.82) is 0 Å². The molecule has 1 spiro atoms. The number of ether oxygens (including phenoxy) is 2. The zero-order chi connectivity index (χ0) is 33.3. The molecule has 10 nitrogen and oxygen atoms in total. The summed E-state index contributed by atoms with van der Waals surface area (Å²) in [6.45, 7) is 5.65. The topological polar surface area (TPSA) is 120 Å². The van der Waals surface area contributed by atoms with Crippen molar-refractivity contribution in [3.05, 3.63) is 54.1 Å². The van der Waals surface area contributed by atoms with Gasteiger partial charge in [-0.05, 0) is 87.9 Å². The van der Waals surface area contributed by atoms with Gasteiger partial charge in [0.1, 0.15) is 17.3 Å². The molecule has 0 radical (unpaired) electrons. The Labute approximate surface area is 279 Å². The maximum Gasteiger partial charge on any atom is 0.251 e. The van der Waals surface area contributed by atoms with E-state index in [0.29, 0.717) is 68.1 Å². The summed E-state index contributed by atoms with van der Waals surface area (Å²) in [5, 5.41) is 16.8. The van der Waals surface area contributed by atoms with Gasteiger partial charge >= 0.3 is 0 Å². The van der Waals surface area contributed by atoms with Crippen molar-refractivity contribution in [2.75, 3.05) is 39.8 Å². The highest BCUT2D eigenvalue weighted by molar-refractivity contribution is 6.00. The Bertz CT molecular complexity index is 1350. The van der Waals surface area contributed by atoms with Gasteiger partial charge in [0.25, 0.3) is 5.91 Å². The fourth-order valence-corrected chi connectivity index (χ4v) is 7.31. The number of nitrogens with one attached hydrogen (secondary N) is 2. The highest BCUT2D eigenvalue weighted by atomic mass is 16.5. The lowest BCUT2D eigenvalue weighted by molar-refractivity contribution is -0.163. The monoisotopic (exact) mass is 648 g/mol. The first-order valence-corrected chi connectivity index (χ1v) is 17.6. The van der Waals surface area contributed by atoms with Crippen LogP contribution in [-0.2, 0) is 9.59 Å². The fourth-order valence-electron chi connectivity index (χ4n) is 7.31. The van der Waals surface area contributed by atoms with Gasteiger partial charge in [-0.3, -0.25) is 14.4 Å². The molecule has 0 unspecified atom stereocenters. The molecule has 47 heavy (non-hydrogen) atoms. The second-order valence-corrected chi connectivity index (χ2v) is 13.4. The van der Waals surface area contributed by atoms with Gasteiger partial charge < -0.3 is 35.0 Å². The van der Waals surface area contributed by atoms with Crippen molar-refractivity contribution in [2.45, 2.75) is 101 Å². The summed E-state index contributed by atoms with van der Waals surface area (Å²) in [5.41, 5.74) is -1.10. The molecule has 2 aliphatic heterocycles. The molecule has 2 saturated heterocycles. The maximum atomic E-state index is 13.8. The van der Waals surface area contributed by atoms with Gasteiger partial charge in [0.2, 0.25) is 11.8 Å². The Kier molecular flexibility index (Phi) is 11.8. The van der Waals surface area contributed by atoms with Crippen molar-refractivity contribution < 1.29 is 29.0 Å². The number of piperidine rings is 1. The number of benzene rings is 2. The lowest BCUT2D eigenvalue weighted by Gasteiger charge is -2.52. The van der Waals surface area contributed by atoms with E-state index in [4.69, 9.17) is 9.47 Å². The number of hydrogen-bond acceptors (Lipinski definition) is 7. The van der Waals surface area contributed by atoms with Crippen molar-refractivity contribution in [1.82, 2.24) is 20.4 Å². The molecule has 3 amide bonds. The van der Waals surface area contributed by atoms with Crippen LogP contribution in [0.25, 0.3) is 0 Å². The number of piperazine rings is 1. The molecule has 0 aromatic heterocycles. The molecule has 5 rings (SSSR count). The van der Waals surface area contributed by atoms with E-state index in [1.165, 1.54) is 0 Å². The molecular weight excluding hydrogens is 596 g/mol. The molecule has 3 aliphatic rings. The maximum absolute atomic E-state index is 13.8. The molecule has 1 atom stereocenters. The third-order valence-electron chi connectivity index (χ3n) is 10.1. The summed E-state index contributed by atoms with van der Waals surface area (Å²) >= 11 is 0. The average Bonchev–Trinajstić information content (AvgIpc) is 3.08. The number of amides is 3. The van der Waals surface area contributed by atoms with Crippen molar-refractivity contribution in [3.63, 3.8) is 0 Å². The normalized spacial score (nSPS) is 20.9. The lowest BCUT2D eigenvalue weighted by atomic mass is 9.77. The minimum atomic E-state index is -0.865. The molecule has 3 fully saturated rings. The van der Waals surface area contributed by atoms with Gasteiger partial charge in [-0.15, -0.1) is 0 Å². The predicted molar refractivity (Wildman–Crippen MR) is 181 cm³/mol. The average molecular weight is 649 g/mol. The largest absolute Gasteiger partial charge is 0.490 e. The first kappa shape index (κ1) is 34.7. The van der Waals surface area contributed by atoms with Crippen LogP contribution in [0.15, 0.2) is 48.5 Å². The number of rotatable bonds is 14. The smallest absolute Gasteiger partial charge is 0.251 e. The quantitative estimate of drug-likeness (QED) is 0.246. The molecule has 1 aliphatic carbocycles. The Hall–Kier alpha value is -3.63. The number of aliphatic hydroxyl groups is 1. The predicted octanol–water partition coefficient (Wildman–Crippen LogP) is 5.04. The van der Waals surface area contributed by atoms with Crippen LogP contribution in [0, 0.1) is 0 Å². The van der Waals surface area contributed by atoms with Crippen LogP contribution in [0.2, 0.25) is 0 Å². The summed E-state index contributed by atoms with van der Waals surface area (Å²) in [6, 6.07) is 13.9. The molecule has 256 valence electrons. The van der Waals surface area contributed by atoms with E-state index in [-0.39, 0.29) is 17.7 Å². The van der Waals surface area contributed by atoms with Crippen LogP contribution >= 0.6 is 0 Å². The molecule has 2 heterocycles. The number of hydrogen-bond donors (Lipinski definition) is 3. The third-order valence-corrected chi connectivity index (χ3v) is 10.1. The first-order chi connectivity index (χ1) is 22.8. The first-order valence-electron chi connectivity index (χ1n) is 17.6. The molecule has 3 N–H and O–H groups in total. The minimum absolute atomic E-state index is 0.0205. The number of para-hydroxylation sites is 2. The summed E-state index contributed by atoms with van der Waals surface area (Å²) in [4.78, 5) is 43.7. The van der Waals surface area contributed by atoms with E-state index in [9.17, 15) is 19.5 Å². The zero-order valence-electron chi connectivity index (χ0n) is 28.1. The number of unbranched alkanes of at least 4 members (excludes halogenated alkanes) is 2. The number of carbonyl (C=O) groups excluding carboxylic acids is 3. The fraction of sp³-hybridized carbons (Fsp3) is 0.595. The van der Waals surface area contributed by atoms with Crippen molar-refractivity contribution in [2.24, 2.45) is 0 Å². The van der Waals surface area contributed by atoms with Gasteiger partial charge in [-0.2, -0.15) is 0 Å². The second kappa shape index (κ2) is 16.0. The summed E-state index contributed by atoms with van der Waals surface area (Å²) in [6.07, 6.45) is 9.63. The van der Waals surface area contributed by atoms with Gasteiger partial charge in [0, 0.05) is 38.7 Å². The highest BCUT2D eigenvalue weighted by Crippen LogP contribution is 2.38. The molecule has 2 aromatic rings. The van der Waals surface area contributed by atoms with Gasteiger partial charge in [-0.25, -0.2) is 0 Å².